The van der Waals surface area contributed by atoms with Gasteiger partial charge in [-0.05, 0) is 25.5 Å². The van der Waals surface area contributed by atoms with E-state index in [4.69, 9.17) is 5.73 Å². The summed E-state index contributed by atoms with van der Waals surface area (Å²) in [6.45, 7) is 4.22. The molecule has 0 amide bonds. The highest BCUT2D eigenvalue weighted by atomic mass is 32.2. The molecule has 0 aliphatic heterocycles. The van der Waals surface area contributed by atoms with Crippen molar-refractivity contribution in [1.82, 2.24) is 0 Å². The number of sulfonamides is 1. The molecule has 16 heavy (non-hydrogen) atoms. The summed E-state index contributed by atoms with van der Waals surface area (Å²) < 4.78 is 25.2. The van der Waals surface area contributed by atoms with Crippen LogP contribution in [0.1, 0.15) is 19.4 Å². The van der Waals surface area contributed by atoms with Crippen LogP contribution in [0.5, 0.6) is 0 Å². The van der Waals surface area contributed by atoms with Gasteiger partial charge in [0.25, 0.3) is 0 Å². The Kier molecular flexibility index (Phi) is 4.32. The molecule has 2 N–H and O–H groups in total. The lowest BCUT2D eigenvalue weighted by atomic mass is 10.2. The monoisotopic (exact) mass is 242 g/mol. The number of benzene rings is 1. The lowest BCUT2D eigenvalue weighted by molar-refractivity contribution is 0.593. The molecule has 0 aromatic heterocycles. The Bertz CT molecular complexity index is 443. The van der Waals surface area contributed by atoms with E-state index in [1.165, 1.54) is 4.31 Å². The van der Waals surface area contributed by atoms with Crippen LogP contribution in [0.25, 0.3) is 0 Å². The summed E-state index contributed by atoms with van der Waals surface area (Å²) in [5, 5.41) is 0. The molecule has 0 aliphatic rings. The van der Waals surface area contributed by atoms with Crippen LogP contribution >= 0.6 is 0 Å². The molecule has 90 valence electrons. The minimum Gasteiger partial charge on any atom is -0.326 e. The first kappa shape index (κ1) is 13.0. The Hall–Kier alpha value is -1.07. The Morgan fingerprint density at radius 1 is 1.25 bits per heavy atom. The summed E-state index contributed by atoms with van der Waals surface area (Å²) in [4.78, 5) is 0. The summed E-state index contributed by atoms with van der Waals surface area (Å²) in [5.41, 5.74) is 7.14. The van der Waals surface area contributed by atoms with Gasteiger partial charge in [0, 0.05) is 13.1 Å². The van der Waals surface area contributed by atoms with Gasteiger partial charge in [-0.1, -0.05) is 18.2 Å². The van der Waals surface area contributed by atoms with Gasteiger partial charge in [0.2, 0.25) is 10.0 Å². The Labute approximate surface area is 97.1 Å². The molecule has 0 heterocycles. The second-order valence-corrected chi connectivity index (χ2v) is 5.58. The maximum atomic E-state index is 11.9. The van der Waals surface area contributed by atoms with Crippen LogP contribution < -0.4 is 10.0 Å². The number of nitrogens with two attached hydrogens (primary N) is 1. The number of hydrogen-bond donors (Lipinski definition) is 1. The third-order valence-electron chi connectivity index (χ3n) is 2.47. The highest BCUT2D eigenvalue weighted by molar-refractivity contribution is 7.92. The molecular weight excluding hydrogens is 224 g/mol. The van der Waals surface area contributed by atoms with Crippen molar-refractivity contribution in [1.29, 1.82) is 0 Å². The predicted molar refractivity (Wildman–Crippen MR) is 66.8 cm³/mol. The minimum atomic E-state index is -3.22. The number of nitrogens with zero attached hydrogens (tertiary/aromatic N) is 1. The molecule has 0 aliphatic carbocycles. The largest absolute Gasteiger partial charge is 0.326 e. The predicted octanol–water partition coefficient (Wildman–Crippen LogP) is 1.32. The average Bonchev–Trinajstić information content (AvgIpc) is 2.30. The number of hydrogen-bond acceptors (Lipinski definition) is 3. The molecule has 0 spiro atoms. The van der Waals surface area contributed by atoms with Crippen LogP contribution in [-0.2, 0) is 16.6 Å². The van der Waals surface area contributed by atoms with E-state index in [1.54, 1.807) is 13.0 Å². The van der Waals surface area contributed by atoms with Crippen molar-refractivity contribution in [2.45, 2.75) is 20.4 Å². The Balaban J connectivity index is 3.24. The molecule has 4 nitrogen and oxygen atoms in total. The van der Waals surface area contributed by atoms with Gasteiger partial charge in [-0.25, -0.2) is 8.42 Å². The van der Waals surface area contributed by atoms with Gasteiger partial charge in [-0.2, -0.15) is 0 Å². The molecule has 0 saturated carbocycles. The zero-order chi connectivity index (χ0) is 12.2. The fraction of sp³-hybridized carbons (Fsp3) is 0.455. The zero-order valence-corrected chi connectivity index (χ0v) is 10.5. The molecule has 1 aromatic rings. The summed E-state index contributed by atoms with van der Waals surface area (Å²) in [6, 6.07) is 7.32. The molecular formula is C11H18N2O2S. The summed E-state index contributed by atoms with van der Waals surface area (Å²) in [6.07, 6.45) is 0. The quantitative estimate of drug-likeness (QED) is 0.847. The summed E-state index contributed by atoms with van der Waals surface area (Å²) >= 11 is 0. The van der Waals surface area contributed by atoms with E-state index in [2.05, 4.69) is 0 Å². The van der Waals surface area contributed by atoms with Crippen molar-refractivity contribution in [3.05, 3.63) is 29.8 Å². The molecule has 0 fully saturated rings. The van der Waals surface area contributed by atoms with Crippen LogP contribution in [0.2, 0.25) is 0 Å². The van der Waals surface area contributed by atoms with Crippen molar-refractivity contribution in [3.63, 3.8) is 0 Å². The van der Waals surface area contributed by atoms with Gasteiger partial charge < -0.3 is 5.73 Å². The first-order chi connectivity index (χ1) is 7.56. The van der Waals surface area contributed by atoms with Crippen molar-refractivity contribution in [3.8, 4) is 0 Å². The molecule has 5 heteroatoms. The van der Waals surface area contributed by atoms with Crippen LogP contribution in [0.15, 0.2) is 24.3 Å². The number of rotatable bonds is 5. The van der Waals surface area contributed by atoms with Gasteiger partial charge in [0.15, 0.2) is 0 Å². The van der Waals surface area contributed by atoms with E-state index >= 15 is 0 Å². The summed E-state index contributed by atoms with van der Waals surface area (Å²) in [5.74, 6) is 0.0970. The third-order valence-corrected chi connectivity index (χ3v) is 4.32. The lowest BCUT2D eigenvalue weighted by Gasteiger charge is -2.24. The molecule has 0 bridgehead atoms. The smallest absolute Gasteiger partial charge is 0.234 e. The minimum absolute atomic E-state index is 0.0970. The maximum Gasteiger partial charge on any atom is 0.234 e. The highest BCUT2D eigenvalue weighted by Gasteiger charge is 2.20. The molecule has 0 unspecified atom stereocenters. The van der Waals surface area contributed by atoms with Crippen molar-refractivity contribution in [2.75, 3.05) is 16.6 Å². The Morgan fingerprint density at radius 3 is 2.38 bits per heavy atom. The number of anilines is 1. The molecule has 0 saturated heterocycles. The van der Waals surface area contributed by atoms with E-state index < -0.39 is 10.0 Å². The first-order valence-electron chi connectivity index (χ1n) is 5.35. The zero-order valence-electron chi connectivity index (χ0n) is 9.68. The van der Waals surface area contributed by atoms with Gasteiger partial charge in [-0.3, -0.25) is 4.31 Å². The summed E-state index contributed by atoms with van der Waals surface area (Å²) in [7, 11) is -3.22. The van der Waals surface area contributed by atoms with Gasteiger partial charge >= 0.3 is 0 Å². The van der Waals surface area contributed by atoms with E-state index in [1.807, 2.05) is 25.1 Å². The van der Waals surface area contributed by atoms with E-state index in [0.717, 1.165) is 5.56 Å². The molecule has 1 rings (SSSR count). The van der Waals surface area contributed by atoms with Gasteiger partial charge in [0.1, 0.15) is 0 Å². The second-order valence-electron chi connectivity index (χ2n) is 3.40. The molecule has 0 atom stereocenters. The standard InChI is InChI=1S/C11H18N2O2S/c1-3-13(16(14,15)4-2)11-8-6-5-7-10(11)9-12/h5-8H,3-4,9,12H2,1-2H3. The van der Waals surface area contributed by atoms with Crippen molar-refractivity contribution in [2.24, 2.45) is 5.73 Å². The van der Waals surface area contributed by atoms with E-state index in [0.29, 0.717) is 18.8 Å². The van der Waals surface area contributed by atoms with Gasteiger partial charge in [-0.15, -0.1) is 0 Å². The van der Waals surface area contributed by atoms with Crippen molar-refractivity contribution < 1.29 is 8.42 Å². The number of para-hydroxylation sites is 1. The second kappa shape index (κ2) is 5.32. The average molecular weight is 242 g/mol. The normalized spacial score (nSPS) is 11.4. The maximum absolute atomic E-state index is 11.9. The fourth-order valence-electron chi connectivity index (χ4n) is 1.60. The Morgan fingerprint density at radius 2 is 1.88 bits per heavy atom. The third kappa shape index (κ3) is 2.54. The van der Waals surface area contributed by atoms with Crippen LogP contribution in [0.4, 0.5) is 5.69 Å². The highest BCUT2D eigenvalue weighted by Crippen LogP contribution is 2.22. The van der Waals surface area contributed by atoms with Gasteiger partial charge in [0.05, 0.1) is 11.4 Å². The first-order valence-corrected chi connectivity index (χ1v) is 6.96. The lowest BCUT2D eigenvalue weighted by Crippen LogP contribution is -2.33. The topological polar surface area (TPSA) is 63.4 Å². The van der Waals surface area contributed by atoms with Crippen LogP contribution in [0, 0.1) is 0 Å². The SMILES string of the molecule is CCN(c1ccccc1CN)S(=O)(=O)CC. The van der Waals surface area contributed by atoms with Crippen LogP contribution in [0.3, 0.4) is 0 Å². The van der Waals surface area contributed by atoms with E-state index in [9.17, 15) is 8.42 Å². The van der Waals surface area contributed by atoms with Crippen molar-refractivity contribution >= 4 is 15.7 Å². The molecule has 0 radical (unpaired) electrons. The molecule has 1 aromatic carbocycles. The fourth-order valence-corrected chi connectivity index (χ4v) is 2.78. The van der Waals surface area contributed by atoms with Crippen LogP contribution in [-0.4, -0.2) is 20.7 Å². The van der Waals surface area contributed by atoms with E-state index in [-0.39, 0.29) is 5.75 Å².